The Labute approximate surface area is 156 Å². The zero-order chi connectivity index (χ0) is 17.2. The molecule has 0 aliphatic carbocycles. The van der Waals surface area contributed by atoms with Crippen LogP contribution in [0.15, 0.2) is 62.3 Å². The first kappa shape index (κ1) is 16.1. The molecule has 1 aliphatic rings. The highest BCUT2D eigenvalue weighted by atomic mass is 35.5. The second kappa shape index (κ2) is 6.87. The van der Waals surface area contributed by atoms with E-state index in [1.807, 2.05) is 35.7 Å². The number of hydrogen-bond donors (Lipinski definition) is 1. The maximum Gasteiger partial charge on any atom is 0.264 e. The predicted molar refractivity (Wildman–Crippen MR) is 102 cm³/mol. The molecule has 0 saturated carbocycles. The van der Waals surface area contributed by atoms with Crippen LogP contribution in [0, 0.1) is 0 Å². The van der Waals surface area contributed by atoms with E-state index < -0.39 is 0 Å². The van der Waals surface area contributed by atoms with E-state index in [0.29, 0.717) is 31.7 Å². The molecule has 1 fully saturated rings. The van der Waals surface area contributed by atoms with Crippen LogP contribution in [0.3, 0.4) is 0 Å². The van der Waals surface area contributed by atoms with Gasteiger partial charge in [0.2, 0.25) is 5.13 Å². The van der Waals surface area contributed by atoms with E-state index in [-0.39, 0.29) is 5.91 Å². The Morgan fingerprint density at radius 3 is 3.00 bits per heavy atom. The number of carbonyl (C=O) groups excluding carboxylic acids is 1. The minimum Gasteiger partial charge on any atom is -0.457 e. The Morgan fingerprint density at radius 2 is 2.20 bits per heavy atom. The monoisotopic (exact) mass is 387 g/mol. The first-order valence-electron chi connectivity index (χ1n) is 7.22. The van der Waals surface area contributed by atoms with Crippen LogP contribution in [0.2, 0.25) is 5.02 Å². The fraction of sp³-hybridized carbons (Fsp3) is 0. The lowest BCUT2D eigenvalue weighted by atomic mass is 10.2. The first-order chi connectivity index (χ1) is 12.2. The quantitative estimate of drug-likeness (QED) is 0.646. The van der Waals surface area contributed by atoms with Crippen molar-refractivity contribution >= 4 is 57.0 Å². The summed E-state index contributed by atoms with van der Waals surface area (Å²) in [4.78, 5) is 21.0. The van der Waals surface area contributed by atoms with Crippen molar-refractivity contribution in [3.05, 3.63) is 63.7 Å². The smallest absolute Gasteiger partial charge is 0.264 e. The van der Waals surface area contributed by atoms with Gasteiger partial charge in [-0.1, -0.05) is 23.7 Å². The average Bonchev–Trinajstić information content (AvgIpc) is 3.31. The van der Waals surface area contributed by atoms with Gasteiger partial charge in [-0.15, -0.1) is 11.3 Å². The summed E-state index contributed by atoms with van der Waals surface area (Å²) in [7, 11) is 0. The molecule has 1 aromatic carbocycles. The summed E-state index contributed by atoms with van der Waals surface area (Å²) in [5, 5.41) is 6.30. The van der Waals surface area contributed by atoms with Gasteiger partial charge >= 0.3 is 0 Å². The van der Waals surface area contributed by atoms with Crippen LogP contribution in [0.4, 0.5) is 5.13 Å². The number of hydrogen-bond acceptors (Lipinski definition) is 6. The third-order valence-electron chi connectivity index (χ3n) is 3.28. The number of thiazole rings is 1. The van der Waals surface area contributed by atoms with Gasteiger partial charge in [0.05, 0.1) is 4.91 Å². The van der Waals surface area contributed by atoms with Crippen LogP contribution in [0.5, 0.6) is 0 Å². The topological polar surface area (TPSA) is 67.5 Å². The van der Waals surface area contributed by atoms with Gasteiger partial charge in [-0.05, 0) is 36.0 Å². The van der Waals surface area contributed by atoms with Crippen molar-refractivity contribution in [1.29, 1.82) is 0 Å². The minimum absolute atomic E-state index is 0.207. The summed E-state index contributed by atoms with van der Waals surface area (Å²) in [6, 6.07) is 11.1. The predicted octanol–water partition coefficient (Wildman–Crippen LogP) is 4.95. The summed E-state index contributed by atoms with van der Waals surface area (Å²) in [5.41, 5.74) is 0.881. The van der Waals surface area contributed by atoms with Crippen LogP contribution in [0.25, 0.3) is 17.4 Å². The van der Waals surface area contributed by atoms with Gasteiger partial charge in [-0.3, -0.25) is 4.79 Å². The lowest BCUT2D eigenvalue weighted by molar-refractivity contribution is -0.115. The molecule has 1 saturated heterocycles. The number of halogens is 1. The zero-order valence-electron chi connectivity index (χ0n) is 12.6. The highest BCUT2D eigenvalue weighted by Gasteiger charge is 2.24. The largest absolute Gasteiger partial charge is 0.457 e. The molecule has 0 atom stereocenters. The molecular formula is C17H10ClN3O2S2. The molecule has 25 heavy (non-hydrogen) atoms. The van der Waals surface area contributed by atoms with Crippen LogP contribution in [-0.2, 0) is 4.79 Å². The second-order valence-electron chi connectivity index (χ2n) is 5.01. The lowest BCUT2D eigenvalue weighted by Gasteiger charge is -1.97. The first-order valence-corrected chi connectivity index (χ1v) is 9.30. The number of benzene rings is 1. The van der Waals surface area contributed by atoms with Crippen molar-refractivity contribution in [3.63, 3.8) is 0 Å². The fourth-order valence-corrected chi connectivity index (χ4v) is 3.76. The Kier molecular flexibility index (Phi) is 4.44. The molecule has 0 bridgehead atoms. The highest BCUT2D eigenvalue weighted by molar-refractivity contribution is 8.18. The van der Waals surface area contributed by atoms with Crippen LogP contribution >= 0.6 is 34.7 Å². The molecule has 1 aliphatic heterocycles. The number of aliphatic imine (C=N–C) groups is 1. The molecule has 1 amide bonds. The summed E-state index contributed by atoms with van der Waals surface area (Å²) in [6.45, 7) is 0. The molecule has 124 valence electrons. The number of amidine groups is 1. The number of aromatic nitrogens is 1. The molecule has 3 aromatic rings. The molecule has 2 aromatic heterocycles. The third-order valence-corrected chi connectivity index (χ3v) is 5.09. The fourth-order valence-electron chi connectivity index (χ4n) is 2.20. The van der Waals surface area contributed by atoms with Gasteiger partial charge in [0.1, 0.15) is 11.5 Å². The highest BCUT2D eigenvalue weighted by Crippen LogP contribution is 2.30. The molecule has 1 N–H and O–H groups in total. The van der Waals surface area contributed by atoms with E-state index >= 15 is 0 Å². The second-order valence-corrected chi connectivity index (χ2v) is 7.35. The van der Waals surface area contributed by atoms with Gasteiger partial charge < -0.3 is 9.73 Å². The Bertz CT molecular complexity index is 993. The summed E-state index contributed by atoms with van der Waals surface area (Å²) in [6.07, 6.45) is 3.36. The Balaban J connectivity index is 1.56. The van der Waals surface area contributed by atoms with E-state index in [9.17, 15) is 4.79 Å². The Hall–Kier alpha value is -2.35. The van der Waals surface area contributed by atoms with Crippen molar-refractivity contribution in [2.75, 3.05) is 0 Å². The van der Waals surface area contributed by atoms with Crippen LogP contribution in [0.1, 0.15) is 5.76 Å². The molecule has 3 heterocycles. The molecular weight excluding hydrogens is 378 g/mol. The SMILES string of the molecule is O=C1N/C(=N\c2nccs2)SC1=Cc1ccc(-c2cccc(Cl)c2)o1. The maximum atomic E-state index is 12.1. The number of rotatable bonds is 3. The van der Waals surface area contributed by atoms with E-state index in [1.54, 1.807) is 18.3 Å². The van der Waals surface area contributed by atoms with Crippen molar-refractivity contribution in [3.8, 4) is 11.3 Å². The number of carbonyl (C=O) groups is 1. The summed E-state index contributed by atoms with van der Waals surface area (Å²) >= 11 is 8.67. The van der Waals surface area contributed by atoms with Gasteiger partial charge in [0, 0.05) is 28.2 Å². The number of amides is 1. The number of furan rings is 1. The van der Waals surface area contributed by atoms with Crippen molar-refractivity contribution in [2.24, 2.45) is 4.99 Å². The van der Waals surface area contributed by atoms with Crippen molar-refractivity contribution in [2.45, 2.75) is 0 Å². The summed E-state index contributed by atoms with van der Waals surface area (Å²) < 4.78 is 5.80. The normalized spacial score (nSPS) is 17.4. The van der Waals surface area contributed by atoms with E-state index in [2.05, 4.69) is 15.3 Å². The number of thioether (sulfide) groups is 1. The van der Waals surface area contributed by atoms with E-state index in [4.69, 9.17) is 16.0 Å². The molecule has 8 heteroatoms. The van der Waals surface area contributed by atoms with E-state index in [0.717, 1.165) is 5.56 Å². The molecule has 0 radical (unpaired) electrons. The standard InChI is InChI=1S/C17H10ClN3O2S2/c18-11-3-1-2-10(8-11)13-5-4-12(23-13)9-14-15(22)20-17(25-14)21-16-19-6-7-24-16/h1-9H,(H,19,20,21,22). The lowest BCUT2D eigenvalue weighted by Crippen LogP contribution is -2.19. The van der Waals surface area contributed by atoms with Gasteiger partial charge in [-0.25, -0.2) is 4.98 Å². The van der Waals surface area contributed by atoms with Gasteiger partial charge in [-0.2, -0.15) is 4.99 Å². The maximum absolute atomic E-state index is 12.1. The number of nitrogens with zero attached hydrogens (tertiary/aromatic N) is 2. The number of nitrogens with one attached hydrogen (secondary N) is 1. The van der Waals surface area contributed by atoms with Gasteiger partial charge in [0.25, 0.3) is 5.91 Å². The summed E-state index contributed by atoms with van der Waals surface area (Å²) in [5.74, 6) is 1.07. The van der Waals surface area contributed by atoms with Crippen LogP contribution in [-0.4, -0.2) is 16.1 Å². The third kappa shape index (κ3) is 3.68. The average molecular weight is 388 g/mol. The minimum atomic E-state index is -0.207. The molecule has 4 rings (SSSR count). The van der Waals surface area contributed by atoms with Crippen molar-refractivity contribution in [1.82, 2.24) is 10.3 Å². The zero-order valence-corrected chi connectivity index (χ0v) is 15.0. The molecule has 0 unspecified atom stereocenters. The molecule has 0 spiro atoms. The molecule has 5 nitrogen and oxygen atoms in total. The van der Waals surface area contributed by atoms with Crippen LogP contribution < -0.4 is 5.32 Å². The van der Waals surface area contributed by atoms with Gasteiger partial charge in [0.15, 0.2) is 5.17 Å². The van der Waals surface area contributed by atoms with E-state index in [1.165, 1.54) is 23.1 Å². The van der Waals surface area contributed by atoms with Crippen molar-refractivity contribution < 1.29 is 9.21 Å². The Morgan fingerprint density at radius 1 is 1.28 bits per heavy atom.